The SMILES string of the molecule is CCC(=O)N1CCC(NC(=NC)NCC(C)CN2CCN(C)CC2)C1. The van der Waals surface area contributed by atoms with Crippen molar-refractivity contribution in [2.75, 3.05) is 66.5 Å². The zero-order valence-corrected chi connectivity index (χ0v) is 16.4. The van der Waals surface area contributed by atoms with Gasteiger partial charge in [-0.25, -0.2) is 0 Å². The number of likely N-dealkylation sites (N-methyl/N-ethyl adjacent to an activating group) is 1. The predicted octanol–water partition coefficient (Wildman–Crippen LogP) is 0.0458. The lowest BCUT2D eigenvalue weighted by molar-refractivity contribution is -0.129. The first-order valence-corrected chi connectivity index (χ1v) is 9.67. The Morgan fingerprint density at radius 1 is 1.24 bits per heavy atom. The molecule has 0 saturated carbocycles. The van der Waals surface area contributed by atoms with Gasteiger partial charge in [-0.05, 0) is 19.4 Å². The maximum Gasteiger partial charge on any atom is 0.222 e. The lowest BCUT2D eigenvalue weighted by Gasteiger charge is -2.34. The second kappa shape index (κ2) is 9.97. The summed E-state index contributed by atoms with van der Waals surface area (Å²) in [6, 6.07) is 0.301. The molecular formula is C18H36N6O. The molecule has 2 N–H and O–H groups in total. The summed E-state index contributed by atoms with van der Waals surface area (Å²) in [4.78, 5) is 23.0. The fourth-order valence-corrected chi connectivity index (χ4v) is 3.52. The fourth-order valence-electron chi connectivity index (χ4n) is 3.52. The van der Waals surface area contributed by atoms with Gasteiger partial charge >= 0.3 is 0 Å². The van der Waals surface area contributed by atoms with Gasteiger partial charge in [0.05, 0.1) is 0 Å². The first-order valence-electron chi connectivity index (χ1n) is 9.67. The van der Waals surface area contributed by atoms with Crippen molar-refractivity contribution < 1.29 is 4.79 Å². The summed E-state index contributed by atoms with van der Waals surface area (Å²) in [7, 11) is 4.00. The van der Waals surface area contributed by atoms with Crippen LogP contribution in [0.25, 0.3) is 0 Å². The van der Waals surface area contributed by atoms with E-state index in [2.05, 4.69) is 39.4 Å². The Hall–Kier alpha value is -1.34. The van der Waals surface area contributed by atoms with Gasteiger partial charge in [0.25, 0.3) is 0 Å². The van der Waals surface area contributed by atoms with E-state index in [4.69, 9.17) is 0 Å². The van der Waals surface area contributed by atoms with E-state index in [9.17, 15) is 4.79 Å². The number of rotatable bonds is 6. The maximum absolute atomic E-state index is 11.8. The standard InChI is InChI=1S/C18H36N6O/c1-5-17(25)24-7-6-16(14-24)21-18(19-3)20-12-15(2)13-23-10-8-22(4)9-11-23/h15-16H,5-14H2,1-4H3,(H2,19,20,21). The minimum absolute atomic E-state index is 0.244. The molecule has 0 spiro atoms. The quantitative estimate of drug-likeness (QED) is 0.522. The Bertz CT molecular complexity index is 447. The minimum atomic E-state index is 0.244. The maximum atomic E-state index is 11.8. The van der Waals surface area contributed by atoms with Crippen LogP contribution in [0.5, 0.6) is 0 Å². The average molecular weight is 353 g/mol. The molecule has 25 heavy (non-hydrogen) atoms. The highest BCUT2D eigenvalue weighted by Gasteiger charge is 2.25. The van der Waals surface area contributed by atoms with Crippen molar-refractivity contribution in [3.8, 4) is 0 Å². The number of aliphatic imine (C=N–C) groups is 1. The number of amides is 1. The number of carbonyl (C=O) groups excluding carboxylic acids is 1. The monoisotopic (exact) mass is 352 g/mol. The summed E-state index contributed by atoms with van der Waals surface area (Å²) in [6.07, 6.45) is 1.58. The Labute approximate surface area is 152 Å². The number of carbonyl (C=O) groups is 1. The Morgan fingerprint density at radius 2 is 1.96 bits per heavy atom. The molecule has 7 heteroatoms. The fraction of sp³-hybridized carbons (Fsp3) is 0.889. The van der Waals surface area contributed by atoms with Crippen molar-refractivity contribution in [1.82, 2.24) is 25.3 Å². The zero-order valence-electron chi connectivity index (χ0n) is 16.4. The largest absolute Gasteiger partial charge is 0.356 e. The van der Waals surface area contributed by atoms with E-state index in [1.165, 1.54) is 0 Å². The van der Waals surface area contributed by atoms with E-state index in [-0.39, 0.29) is 5.91 Å². The van der Waals surface area contributed by atoms with Gasteiger partial charge in [0, 0.05) is 71.9 Å². The van der Waals surface area contributed by atoms with E-state index in [1.807, 2.05) is 18.9 Å². The van der Waals surface area contributed by atoms with Crippen LogP contribution in [-0.4, -0.2) is 99.1 Å². The first kappa shape index (κ1) is 20.0. The average Bonchev–Trinajstić information content (AvgIpc) is 3.08. The number of guanidine groups is 1. The molecule has 2 rings (SSSR count). The van der Waals surface area contributed by atoms with Crippen LogP contribution in [0, 0.1) is 5.92 Å². The lowest BCUT2D eigenvalue weighted by Crippen LogP contribution is -2.49. The molecule has 2 unspecified atom stereocenters. The molecule has 7 nitrogen and oxygen atoms in total. The molecular weight excluding hydrogens is 316 g/mol. The molecule has 2 heterocycles. The molecule has 2 atom stereocenters. The second-order valence-corrected chi connectivity index (χ2v) is 7.49. The molecule has 2 aliphatic rings. The molecule has 2 saturated heterocycles. The number of likely N-dealkylation sites (tertiary alicyclic amines) is 1. The van der Waals surface area contributed by atoms with Gasteiger partial charge in [-0.15, -0.1) is 0 Å². The van der Waals surface area contributed by atoms with Gasteiger partial charge in [-0.2, -0.15) is 0 Å². The van der Waals surface area contributed by atoms with Gasteiger partial charge in [0.1, 0.15) is 0 Å². The summed E-state index contributed by atoms with van der Waals surface area (Å²) in [5, 5.41) is 6.91. The number of piperazine rings is 1. The molecule has 144 valence electrons. The summed E-state index contributed by atoms with van der Waals surface area (Å²) < 4.78 is 0. The highest BCUT2D eigenvalue weighted by atomic mass is 16.2. The van der Waals surface area contributed by atoms with E-state index >= 15 is 0 Å². The van der Waals surface area contributed by atoms with Gasteiger partial charge in [-0.3, -0.25) is 9.79 Å². The van der Waals surface area contributed by atoms with Gasteiger partial charge in [0.15, 0.2) is 5.96 Å². The van der Waals surface area contributed by atoms with E-state index in [0.29, 0.717) is 18.4 Å². The Kier molecular flexibility index (Phi) is 7.96. The minimum Gasteiger partial charge on any atom is -0.356 e. The lowest BCUT2D eigenvalue weighted by atomic mass is 10.1. The van der Waals surface area contributed by atoms with Crippen LogP contribution in [0.1, 0.15) is 26.7 Å². The van der Waals surface area contributed by atoms with Crippen molar-refractivity contribution in [1.29, 1.82) is 0 Å². The van der Waals surface area contributed by atoms with E-state index in [1.54, 1.807) is 0 Å². The molecule has 2 aliphatic heterocycles. The van der Waals surface area contributed by atoms with Gasteiger partial charge in [0.2, 0.25) is 5.91 Å². The van der Waals surface area contributed by atoms with Crippen molar-refractivity contribution in [2.45, 2.75) is 32.7 Å². The normalized spacial score (nSPS) is 24.4. The molecule has 1 amide bonds. The zero-order chi connectivity index (χ0) is 18.2. The summed E-state index contributed by atoms with van der Waals surface area (Å²) >= 11 is 0. The molecule has 2 fully saturated rings. The van der Waals surface area contributed by atoms with Gasteiger partial charge in [-0.1, -0.05) is 13.8 Å². The molecule has 0 aliphatic carbocycles. The van der Waals surface area contributed by atoms with Crippen LogP contribution in [-0.2, 0) is 4.79 Å². The molecule has 0 radical (unpaired) electrons. The van der Waals surface area contributed by atoms with E-state index in [0.717, 1.165) is 64.7 Å². The van der Waals surface area contributed by atoms with Crippen LogP contribution in [0.2, 0.25) is 0 Å². The molecule has 0 aromatic heterocycles. The molecule has 0 aromatic carbocycles. The summed E-state index contributed by atoms with van der Waals surface area (Å²) in [5.41, 5.74) is 0. The number of hydrogen-bond donors (Lipinski definition) is 2. The number of hydrogen-bond acceptors (Lipinski definition) is 4. The van der Waals surface area contributed by atoms with Crippen LogP contribution >= 0.6 is 0 Å². The van der Waals surface area contributed by atoms with Crippen LogP contribution < -0.4 is 10.6 Å². The number of nitrogens with zero attached hydrogens (tertiary/aromatic N) is 4. The molecule has 0 aromatic rings. The molecule has 0 bridgehead atoms. The Morgan fingerprint density at radius 3 is 2.60 bits per heavy atom. The highest BCUT2D eigenvalue weighted by molar-refractivity contribution is 5.80. The smallest absolute Gasteiger partial charge is 0.222 e. The highest BCUT2D eigenvalue weighted by Crippen LogP contribution is 2.10. The van der Waals surface area contributed by atoms with Crippen molar-refractivity contribution in [3.05, 3.63) is 0 Å². The number of nitrogens with one attached hydrogen (secondary N) is 2. The Balaban J connectivity index is 1.67. The van der Waals surface area contributed by atoms with Crippen molar-refractivity contribution in [3.63, 3.8) is 0 Å². The van der Waals surface area contributed by atoms with Crippen molar-refractivity contribution >= 4 is 11.9 Å². The van der Waals surface area contributed by atoms with Gasteiger partial charge < -0.3 is 25.3 Å². The third kappa shape index (κ3) is 6.47. The third-order valence-electron chi connectivity index (χ3n) is 5.19. The first-order chi connectivity index (χ1) is 12.0. The van der Waals surface area contributed by atoms with Crippen LogP contribution in [0.15, 0.2) is 4.99 Å². The van der Waals surface area contributed by atoms with Crippen molar-refractivity contribution in [2.24, 2.45) is 10.9 Å². The predicted molar refractivity (Wildman–Crippen MR) is 103 cm³/mol. The van der Waals surface area contributed by atoms with Crippen LogP contribution in [0.4, 0.5) is 0 Å². The third-order valence-corrected chi connectivity index (χ3v) is 5.19. The van der Waals surface area contributed by atoms with Crippen LogP contribution in [0.3, 0.4) is 0 Å². The topological polar surface area (TPSA) is 63.2 Å². The second-order valence-electron chi connectivity index (χ2n) is 7.49. The summed E-state index contributed by atoms with van der Waals surface area (Å²) in [6.45, 7) is 12.5. The summed E-state index contributed by atoms with van der Waals surface area (Å²) in [5.74, 6) is 1.66. The van der Waals surface area contributed by atoms with E-state index < -0.39 is 0 Å².